The van der Waals surface area contributed by atoms with Crippen molar-refractivity contribution in [1.29, 1.82) is 0 Å². The van der Waals surface area contributed by atoms with Crippen LogP contribution in [0.3, 0.4) is 0 Å². The maximum atomic E-state index is 2.35. The molecule has 0 saturated carbocycles. The van der Waals surface area contributed by atoms with E-state index in [1.807, 2.05) is 0 Å². The van der Waals surface area contributed by atoms with Crippen molar-refractivity contribution in [3.8, 4) is 0 Å². The fourth-order valence-electron chi connectivity index (χ4n) is 3.44. The zero-order valence-electron chi connectivity index (χ0n) is 11.0. The van der Waals surface area contributed by atoms with Gasteiger partial charge in [0.25, 0.3) is 0 Å². The standard InChI is InChI=1S/C19H16/c1-13-10-11-18-16-8-3-2-6-14(16)15-7-4-5-9-17(15)19(18)12-13/h2-12,15,18H,1H3. The molecular weight excluding hydrogens is 228 g/mol. The van der Waals surface area contributed by atoms with Crippen molar-refractivity contribution in [2.75, 3.05) is 0 Å². The van der Waals surface area contributed by atoms with Crippen LogP contribution in [0.2, 0.25) is 0 Å². The first-order valence-electron chi connectivity index (χ1n) is 6.89. The van der Waals surface area contributed by atoms with Gasteiger partial charge in [-0.3, -0.25) is 0 Å². The number of benzene rings is 1. The first kappa shape index (κ1) is 10.8. The van der Waals surface area contributed by atoms with E-state index in [0.717, 1.165) is 0 Å². The molecule has 0 aromatic heterocycles. The van der Waals surface area contributed by atoms with Crippen LogP contribution in [0.1, 0.15) is 29.9 Å². The van der Waals surface area contributed by atoms with Crippen LogP contribution in [-0.2, 0) is 0 Å². The van der Waals surface area contributed by atoms with E-state index in [9.17, 15) is 0 Å². The minimum Gasteiger partial charge on any atom is -0.0726 e. The van der Waals surface area contributed by atoms with Crippen molar-refractivity contribution in [3.05, 3.63) is 94.6 Å². The Labute approximate surface area is 114 Å². The van der Waals surface area contributed by atoms with Crippen LogP contribution >= 0.6 is 0 Å². The second kappa shape index (κ2) is 3.96. The maximum Gasteiger partial charge on any atom is 0.0278 e. The number of allylic oxidation sites excluding steroid dienone is 10. The van der Waals surface area contributed by atoms with Gasteiger partial charge >= 0.3 is 0 Å². The summed E-state index contributed by atoms with van der Waals surface area (Å²) in [6.45, 7) is 2.18. The first-order chi connectivity index (χ1) is 9.34. The van der Waals surface area contributed by atoms with Gasteiger partial charge < -0.3 is 0 Å². The first-order valence-corrected chi connectivity index (χ1v) is 6.89. The monoisotopic (exact) mass is 244 g/mol. The third-order valence-electron chi connectivity index (χ3n) is 4.29. The number of fused-ring (bicyclic) bond motifs is 5. The molecule has 0 heteroatoms. The van der Waals surface area contributed by atoms with Gasteiger partial charge in [0.1, 0.15) is 0 Å². The molecule has 2 atom stereocenters. The third kappa shape index (κ3) is 1.53. The fourth-order valence-corrected chi connectivity index (χ4v) is 3.44. The summed E-state index contributed by atoms with van der Waals surface area (Å²) in [6, 6.07) is 8.87. The molecule has 3 aliphatic carbocycles. The lowest BCUT2D eigenvalue weighted by molar-refractivity contribution is 0.849. The summed E-state index contributed by atoms with van der Waals surface area (Å²) in [6.07, 6.45) is 15.9. The van der Waals surface area contributed by atoms with E-state index in [-0.39, 0.29) is 0 Å². The van der Waals surface area contributed by atoms with Crippen LogP contribution in [-0.4, -0.2) is 0 Å². The Bertz CT molecular complexity index is 693. The van der Waals surface area contributed by atoms with Gasteiger partial charge in [0, 0.05) is 11.8 Å². The average molecular weight is 244 g/mol. The number of hydrogen-bond acceptors (Lipinski definition) is 0. The van der Waals surface area contributed by atoms with Crippen molar-refractivity contribution in [2.24, 2.45) is 0 Å². The van der Waals surface area contributed by atoms with E-state index < -0.39 is 0 Å². The number of rotatable bonds is 0. The van der Waals surface area contributed by atoms with Gasteiger partial charge in [-0.25, -0.2) is 0 Å². The van der Waals surface area contributed by atoms with Crippen molar-refractivity contribution in [2.45, 2.75) is 18.8 Å². The zero-order valence-corrected chi connectivity index (χ0v) is 11.0. The molecule has 0 fully saturated rings. The largest absolute Gasteiger partial charge is 0.0726 e. The molecule has 1 aromatic carbocycles. The fraction of sp³-hybridized carbons (Fsp3) is 0.158. The Kier molecular flexibility index (Phi) is 2.25. The second-order valence-corrected chi connectivity index (χ2v) is 5.49. The zero-order chi connectivity index (χ0) is 12.8. The Morgan fingerprint density at radius 2 is 1.53 bits per heavy atom. The highest BCUT2D eigenvalue weighted by molar-refractivity contribution is 5.62. The van der Waals surface area contributed by atoms with E-state index in [1.165, 1.54) is 27.8 Å². The molecule has 0 spiro atoms. The van der Waals surface area contributed by atoms with Crippen molar-refractivity contribution >= 4 is 0 Å². The molecule has 3 aliphatic rings. The Morgan fingerprint density at radius 3 is 2.32 bits per heavy atom. The molecule has 0 N–H and O–H groups in total. The summed E-state index contributed by atoms with van der Waals surface area (Å²) in [7, 11) is 0. The SMILES string of the molecule is CC1=CC2=C3C=CC=CC3c3ccccc3C2C=C1. The van der Waals surface area contributed by atoms with Crippen LogP contribution in [0.15, 0.2) is 83.5 Å². The average Bonchev–Trinajstić information content (AvgIpc) is 2.47. The molecule has 0 nitrogen and oxygen atoms in total. The van der Waals surface area contributed by atoms with Gasteiger partial charge in [-0.15, -0.1) is 0 Å². The van der Waals surface area contributed by atoms with Crippen molar-refractivity contribution in [1.82, 2.24) is 0 Å². The van der Waals surface area contributed by atoms with Gasteiger partial charge in [-0.2, -0.15) is 0 Å². The van der Waals surface area contributed by atoms with E-state index in [0.29, 0.717) is 11.8 Å². The Morgan fingerprint density at radius 1 is 0.789 bits per heavy atom. The van der Waals surface area contributed by atoms with Crippen LogP contribution in [0.25, 0.3) is 0 Å². The summed E-state index contributed by atoms with van der Waals surface area (Å²) in [5.74, 6) is 0.866. The Hall–Kier alpha value is -2.08. The molecule has 0 radical (unpaired) electrons. The molecule has 0 amide bonds. The topological polar surface area (TPSA) is 0 Å². The summed E-state index contributed by atoms with van der Waals surface area (Å²) in [4.78, 5) is 0. The highest BCUT2D eigenvalue weighted by atomic mass is 14.3. The number of hydrogen-bond donors (Lipinski definition) is 0. The smallest absolute Gasteiger partial charge is 0.0278 e. The summed E-state index contributed by atoms with van der Waals surface area (Å²) >= 11 is 0. The van der Waals surface area contributed by atoms with E-state index in [2.05, 4.69) is 73.7 Å². The van der Waals surface area contributed by atoms with Gasteiger partial charge in [-0.1, -0.05) is 72.4 Å². The van der Waals surface area contributed by atoms with E-state index in [4.69, 9.17) is 0 Å². The highest BCUT2D eigenvalue weighted by Gasteiger charge is 2.31. The molecule has 19 heavy (non-hydrogen) atoms. The van der Waals surface area contributed by atoms with Crippen LogP contribution < -0.4 is 0 Å². The van der Waals surface area contributed by atoms with Gasteiger partial charge in [0.05, 0.1) is 0 Å². The molecule has 1 aromatic rings. The van der Waals surface area contributed by atoms with Gasteiger partial charge in [0.15, 0.2) is 0 Å². The van der Waals surface area contributed by atoms with Crippen molar-refractivity contribution in [3.63, 3.8) is 0 Å². The molecule has 4 rings (SSSR count). The summed E-state index contributed by atoms with van der Waals surface area (Å²) < 4.78 is 0. The lowest BCUT2D eigenvalue weighted by Gasteiger charge is -2.34. The normalized spacial score (nSPS) is 26.7. The third-order valence-corrected chi connectivity index (χ3v) is 4.29. The minimum atomic E-state index is 0.433. The summed E-state index contributed by atoms with van der Waals surface area (Å²) in [5, 5.41) is 0. The molecule has 2 unspecified atom stereocenters. The molecule has 0 bridgehead atoms. The predicted molar refractivity (Wildman–Crippen MR) is 80.1 cm³/mol. The van der Waals surface area contributed by atoms with Crippen LogP contribution in [0, 0.1) is 0 Å². The minimum absolute atomic E-state index is 0.433. The molecule has 0 saturated heterocycles. The van der Waals surface area contributed by atoms with E-state index >= 15 is 0 Å². The van der Waals surface area contributed by atoms with Crippen molar-refractivity contribution < 1.29 is 0 Å². The predicted octanol–water partition coefficient (Wildman–Crippen LogP) is 4.81. The summed E-state index contributed by atoms with van der Waals surface area (Å²) in [5.41, 5.74) is 7.22. The second-order valence-electron chi connectivity index (χ2n) is 5.49. The molecular formula is C19H16. The molecule has 92 valence electrons. The molecule has 0 heterocycles. The van der Waals surface area contributed by atoms with E-state index in [1.54, 1.807) is 0 Å². The molecule has 0 aliphatic heterocycles. The highest BCUT2D eigenvalue weighted by Crippen LogP contribution is 2.47. The van der Waals surface area contributed by atoms with Gasteiger partial charge in [0.2, 0.25) is 0 Å². The maximum absolute atomic E-state index is 2.35. The van der Waals surface area contributed by atoms with Crippen LogP contribution in [0.5, 0.6) is 0 Å². The van der Waals surface area contributed by atoms with Crippen LogP contribution in [0.4, 0.5) is 0 Å². The lowest BCUT2D eigenvalue weighted by Crippen LogP contribution is -2.18. The van der Waals surface area contributed by atoms with Gasteiger partial charge in [-0.05, 0) is 29.2 Å². The lowest BCUT2D eigenvalue weighted by atomic mass is 9.69. The Balaban J connectivity index is 2.01. The quantitative estimate of drug-likeness (QED) is 0.614.